The number of nitrogens with one attached hydrogen (secondary N) is 1. The van der Waals surface area contributed by atoms with Gasteiger partial charge in [-0.05, 0) is 13.8 Å². The Morgan fingerprint density at radius 2 is 1.40 bits per heavy atom. The van der Waals surface area contributed by atoms with Gasteiger partial charge in [0.05, 0.1) is 0 Å². The van der Waals surface area contributed by atoms with E-state index in [1.165, 1.54) is 0 Å². The fourth-order valence-electron chi connectivity index (χ4n) is 0. The smallest absolute Gasteiger partial charge is 0.870 e. The van der Waals surface area contributed by atoms with Crippen molar-refractivity contribution in [3.05, 3.63) is 0 Å². The molecule has 0 atom stereocenters. The van der Waals surface area contributed by atoms with Gasteiger partial charge in [0.25, 0.3) is 0 Å². The van der Waals surface area contributed by atoms with Crippen LogP contribution in [0.15, 0.2) is 0 Å². The van der Waals surface area contributed by atoms with Gasteiger partial charge in [0, 0.05) is 6.10 Å². The quantitative estimate of drug-likeness (QED) is 0.157. The third-order valence-electron chi connectivity index (χ3n) is 0. The number of hydrogen-bond donors (Lipinski definition) is 4. The SMILES string of the molecule is CC(C)O.N=C(N)N.[Li+].[OH-]. The maximum absolute atomic E-state index is 8.06. The number of aliphatic hydroxyl groups excluding tert-OH is 1. The van der Waals surface area contributed by atoms with E-state index in [4.69, 9.17) is 10.5 Å². The van der Waals surface area contributed by atoms with Crippen LogP contribution in [0.25, 0.3) is 0 Å². The van der Waals surface area contributed by atoms with E-state index in [2.05, 4.69) is 11.5 Å². The zero-order chi connectivity index (χ0) is 7.15. The van der Waals surface area contributed by atoms with Gasteiger partial charge in [-0.25, -0.2) is 0 Å². The van der Waals surface area contributed by atoms with Crippen LogP contribution >= 0.6 is 0 Å². The van der Waals surface area contributed by atoms with Crippen molar-refractivity contribution in [2.24, 2.45) is 11.5 Å². The molecule has 0 aliphatic rings. The third-order valence-corrected chi connectivity index (χ3v) is 0. The third kappa shape index (κ3) is 7940. The maximum atomic E-state index is 8.06. The van der Waals surface area contributed by atoms with Crippen molar-refractivity contribution in [1.82, 2.24) is 0 Å². The molecular formula is C4H14LiN3O2. The Hall–Kier alpha value is -0.213. The summed E-state index contributed by atoms with van der Waals surface area (Å²) in [4.78, 5) is 0. The Morgan fingerprint density at radius 1 is 1.40 bits per heavy atom. The summed E-state index contributed by atoms with van der Waals surface area (Å²) in [5.74, 6) is -0.333. The topological polar surface area (TPSA) is 126 Å². The van der Waals surface area contributed by atoms with Crippen LogP contribution in [0, 0.1) is 5.41 Å². The number of rotatable bonds is 0. The molecule has 7 N–H and O–H groups in total. The van der Waals surface area contributed by atoms with Crippen LogP contribution in [-0.4, -0.2) is 22.6 Å². The number of nitrogens with two attached hydrogens (primary N) is 2. The normalized spacial score (nSPS) is 6.00. The molecule has 58 valence electrons. The van der Waals surface area contributed by atoms with E-state index in [9.17, 15) is 0 Å². The molecule has 0 heterocycles. The Labute approximate surface area is 72.8 Å². The maximum Gasteiger partial charge on any atom is 1.00 e. The molecule has 0 aliphatic carbocycles. The standard InChI is InChI=1S/C3H8O.CH5N3.Li.H2O/c1-3(2)4;2-1(3)4;;/h3-4H,1-2H3;(H5,2,3,4);;1H2/q;;+1;/p-1. The Bertz CT molecular complexity index is 62.8. The van der Waals surface area contributed by atoms with Crippen molar-refractivity contribution in [1.29, 1.82) is 5.41 Å². The van der Waals surface area contributed by atoms with E-state index in [0.717, 1.165) is 0 Å². The summed E-state index contributed by atoms with van der Waals surface area (Å²) in [5.41, 5.74) is 8.94. The molecular weight excluding hydrogens is 129 g/mol. The van der Waals surface area contributed by atoms with Gasteiger partial charge < -0.3 is 22.1 Å². The first-order chi connectivity index (χ1) is 3.46. The van der Waals surface area contributed by atoms with Gasteiger partial charge in [-0.2, -0.15) is 0 Å². The number of hydrogen-bond acceptors (Lipinski definition) is 3. The zero-order valence-corrected chi connectivity index (χ0v) is 6.63. The first kappa shape index (κ1) is 22.6. The van der Waals surface area contributed by atoms with Crippen molar-refractivity contribution < 1.29 is 29.4 Å². The first-order valence-electron chi connectivity index (χ1n) is 2.24. The van der Waals surface area contributed by atoms with Gasteiger partial charge in [0.1, 0.15) is 0 Å². The summed E-state index contributed by atoms with van der Waals surface area (Å²) in [6.07, 6.45) is -0.167. The van der Waals surface area contributed by atoms with Crippen LogP contribution < -0.4 is 30.3 Å². The zero-order valence-electron chi connectivity index (χ0n) is 6.63. The van der Waals surface area contributed by atoms with E-state index in [0.29, 0.717) is 0 Å². The molecule has 0 unspecified atom stereocenters. The summed E-state index contributed by atoms with van der Waals surface area (Å²) in [6.45, 7) is 3.44. The van der Waals surface area contributed by atoms with Crippen LogP contribution in [0.4, 0.5) is 0 Å². The second kappa shape index (κ2) is 15.9. The predicted octanol–water partition coefficient (Wildman–Crippen LogP) is -3.95. The van der Waals surface area contributed by atoms with Gasteiger partial charge in [0.15, 0.2) is 5.96 Å². The predicted molar refractivity (Wildman–Crippen MR) is 35.4 cm³/mol. The first-order valence-corrected chi connectivity index (χ1v) is 2.24. The molecule has 0 saturated carbocycles. The van der Waals surface area contributed by atoms with Crippen molar-refractivity contribution in [2.75, 3.05) is 0 Å². The van der Waals surface area contributed by atoms with E-state index in [-0.39, 0.29) is 36.4 Å². The second-order valence-electron chi connectivity index (χ2n) is 1.55. The Morgan fingerprint density at radius 3 is 1.40 bits per heavy atom. The van der Waals surface area contributed by atoms with E-state index >= 15 is 0 Å². The molecule has 0 radical (unpaired) electrons. The minimum absolute atomic E-state index is 0. The molecule has 0 rings (SSSR count). The van der Waals surface area contributed by atoms with Crippen LogP contribution in [0.2, 0.25) is 0 Å². The molecule has 0 saturated heterocycles. The van der Waals surface area contributed by atoms with Gasteiger partial charge in [-0.3, -0.25) is 5.41 Å². The van der Waals surface area contributed by atoms with E-state index in [1.54, 1.807) is 13.8 Å². The fraction of sp³-hybridized carbons (Fsp3) is 0.750. The van der Waals surface area contributed by atoms with Crippen molar-refractivity contribution in [2.45, 2.75) is 20.0 Å². The average Bonchev–Trinajstić information content (AvgIpc) is 1.25. The van der Waals surface area contributed by atoms with Crippen LogP contribution in [0.1, 0.15) is 13.8 Å². The number of guanidine groups is 1. The molecule has 0 spiro atoms. The minimum Gasteiger partial charge on any atom is -0.870 e. The van der Waals surface area contributed by atoms with Crippen molar-refractivity contribution in [3.8, 4) is 0 Å². The molecule has 0 bridgehead atoms. The summed E-state index contributed by atoms with van der Waals surface area (Å²) >= 11 is 0. The van der Waals surface area contributed by atoms with Gasteiger partial charge >= 0.3 is 18.9 Å². The minimum atomic E-state index is -0.333. The van der Waals surface area contributed by atoms with Crippen molar-refractivity contribution in [3.63, 3.8) is 0 Å². The Balaban J connectivity index is -0.0000000300. The molecule has 10 heavy (non-hydrogen) atoms. The molecule has 6 heteroatoms. The summed E-state index contributed by atoms with van der Waals surface area (Å²) in [6, 6.07) is 0. The van der Waals surface area contributed by atoms with E-state index < -0.39 is 0 Å². The summed E-state index contributed by atoms with van der Waals surface area (Å²) in [7, 11) is 0. The van der Waals surface area contributed by atoms with Crippen LogP contribution in [0.5, 0.6) is 0 Å². The molecule has 0 amide bonds. The van der Waals surface area contributed by atoms with Crippen LogP contribution in [0.3, 0.4) is 0 Å². The largest absolute Gasteiger partial charge is 1.00 e. The molecule has 5 nitrogen and oxygen atoms in total. The fourth-order valence-corrected chi connectivity index (χ4v) is 0. The molecule has 0 aromatic heterocycles. The average molecular weight is 143 g/mol. The summed E-state index contributed by atoms with van der Waals surface area (Å²) < 4.78 is 0. The molecule has 0 aromatic rings. The molecule has 0 fully saturated rings. The number of aliphatic hydroxyl groups is 1. The van der Waals surface area contributed by atoms with Crippen molar-refractivity contribution >= 4 is 5.96 Å². The Kier molecular flexibility index (Phi) is 35.9. The van der Waals surface area contributed by atoms with Gasteiger partial charge in [0.2, 0.25) is 0 Å². The molecule has 0 aromatic carbocycles. The van der Waals surface area contributed by atoms with Crippen LogP contribution in [-0.2, 0) is 0 Å². The monoisotopic (exact) mass is 143 g/mol. The summed E-state index contributed by atoms with van der Waals surface area (Å²) in [5, 5.41) is 14.1. The van der Waals surface area contributed by atoms with Gasteiger partial charge in [-0.15, -0.1) is 0 Å². The molecule has 0 aliphatic heterocycles. The second-order valence-corrected chi connectivity index (χ2v) is 1.55. The van der Waals surface area contributed by atoms with Gasteiger partial charge in [-0.1, -0.05) is 0 Å². The van der Waals surface area contributed by atoms with E-state index in [1.807, 2.05) is 0 Å².